The van der Waals surface area contributed by atoms with Gasteiger partial charge in [-0.25, -0.2) is 0 Å². The van der Waals surface area contributed by atoms with Gasteiger partial charge in [-0.15, -0.1) is 0 Å². The molecule has 11 rings (SSSR count). The Hall–Kier alpha value is -5.43. The van der Waals surface area contributed by atoms with Crippen LogP contribution >= 0.6 is 0 Å². The van der Waals surface area contributed by atoms with Crippen LogP contribution in [0.25, 0.3) is 22.1 Å². The molecule has 3 aliphatic carbocycles. The van der Waals surface area contributed by atoms with E-state index in [1.54, 1.807) is 0 Å². The average Bonchev–Trinajstić information content (AvgIpc) is 3.65. The molecule has 1 saturated carbocycles. The molecule has 3 nitrogen and oxygen atoms in total. The third-order valence-electron chi connectivity index (χ3n) is 16.7. The number of benzene rings is 5. The van der Waals surface area contributed by atoms with E-state index in [4.69, 9.17) is 4.42 Å². The van der Waals surface area contributed by atoms with E-state index < -0.39 is 18.5 Å². The second-order valence-electron chi connectivity index (χ2n) is 23.8. The Morgan fingerprint density at radius 2 is 1.29 bits per heavy atom. The molecule has 0 radical (unpaired) electrons. The molecule has 1 unspecified atom stereocenters. The van der Waals surface area contributed by atoms with Crippen LogP contribution in [0.15, 0.2) is 130 Å². The molecule has 3 heterocycles. The highest BCUT2D eigenvalue weighted by atomic mass is 19.4. The number of allylic oxidation sites excluding steroid dienone is 3. The Morgan fingerprint density at radius 1 is 0.636 bits per heavy atom. The Bertz CT molecular complexity index is 3060. The van der Waals surface area contributed by atoms with Crippen molar-refractivity contribution in [2.45, 2.75) is 131 Å². The normalized spacial score (nSPS) is 21.2. The van der Waals surface area contributed by atoms with Gasteiger partial charge in [0, 0.05) is 33.7 Å². The van der Waals surface area contributed by atoms with Gasteiger partial charge in [-0.3, -0.25) is 0 Å². The zero-order valence-electron chi connectivity index (χ0n) is 40.5. The van der Waals surface area contributed by atoms with Crippen molar-refractivity contribution >= 4 is 57.2 Å². The van der Waals surface area contributed by atoms with Crippen molar-refractivity contribution in [2.24, 2.45) is 16.7 Å². The SMILES string of the molecule is CC1(C)CCC(C)(C)C2CC3=C(C=C21)N(c1ccc2c(c1)C(C)(C)CCC2(C)C)c1cc(C(F)(F)F)cc2c1B3c1oc3ccccc3c1N2c1ccc(C(C)(C)C)cc1-c1ccccc1. The Kier molecular flexibility index (Phi) is 9.19. The van der Waals surface area contributed by atoms with Gasteiger partial charge in [0.1, 0.15) is 5.58 Å². The minimum atomic E-state index is -4.63. The first kappa shape index (κ1) is 43.2. The van der Waals surface area contributed by atoms with E-state index in [9.17, 15) is 0 Å². The first-order valence-corrected chi connectivity index (χ1v) is 24.1. The largest absolute Gasteiger partial charge is 0.468 e. The molecule has 6 aromatic rings. The van der Waals surface area contributed by atoms with Crippen LogP contribution in [-0.4, -0.2) is 6.71 Å². The van der Waals surface area contributed by atoms with Crippen molar-refractivity contribution in [3.63, 3.8) is 0 Å². The summed E-state index contributed by atoms with van der Waals surface area (Å²) in [6.45, 7) is 25.0. The quantitative estimate of drug-likeness (QED) is 0.165. The van der Waals surface area contributed by atoms with E-state index >= 15 is 13.2 Å². The molecule has 1 aromatic heterocycles. The molecule has 1 fully saturated rings. The number of halogens is 3. The standard InChI is InChI=1S/C59H62BF3N2O/c1-54(2,3)36-21-24-46(40(29-36)35-17-13-12-14-18-35)65-49-31-37(59(61,62)63)30-48-51(49)60(53-52(65)39-19-15-16-20-50(39)66-53)45-33-43-44(58(10,11)28-27-57(43,8)9)34-47(45)64(48)38-22-23-41-42(32-38)56(6,7)26-25-55(41,4)5/h12-24,29-32,34,43H,25-28,33H2,1-11H3. The second-order valence-corrected chi connectivity index (χ2v) is 23.8. The molecule has 0 bridgehead atoms. The number of hydrogen-bond donors (Lipinski definition) is 0. The predicted molar refractivity (Wildman–Crippen MR) is 269 cm³/mol. The van der Waals surface area contributed by atoms with Crippen LogP contribution in [0.4, 0.5) is 41.6 Å². The number of furan rings is 1. The van der Waals surface area contributed by atoms with Gasteiger partial charge in [-0.2, -0.15) is 13.2 Å². The fourth-order valence-corrected chi connectivity index (χ4v) is 12.5. The number of para-hydroxylation sites is 1. The lowest BCUT2D eigenvalue weighted by Crippen LogP contribution is -2.57. The van der Waals surface area contributed by atoms with Crippen LogP contribution in [-0.2, 0) is 22.4 Å². The molecule has 1 atom stereocenters. The summed E-state index contributed by atoms with van der Waals surface area (Å²) in [5.74, 6) is 0.255. The molecular formula is C59H62BF3N2O. The van der Waals surface area contributed by atoms with Crippen molar-refractivity contribution < 1.29 is 17.6 Å². The maximum atomic E-state index is 15.9. The predicted octanol–water partition coefficient (Wildman–Crippen LogP) is 15.9. The Morgan fingerprint density at radius 3 is 1.98 bits per heavy atom. The van der Waals surface area contributed by atoms with Gasteiger partial charge in [-0.05, 0) is 147 Å². The number of nitrogens with zero attached hydrogens (tertiary/aromatic N) is 2. The zero-order chi connectivity index (χ0) is 46.7. The summed E-state index contributed by atoms with van der Waals surface area (Å²) in [7, 11) is 0. The minimum Gasteiger partial charge on any atom is -0.468 e. The van der Waals surface area contributed by atoms with Crippen molar-refractivity contribution in [2.75, 3.05) is 9.80 Å². The molecule has 5 aromatic carbocycles. The van der Waals surface area contributed by atoms with Gasteiger partial charge in [0.05, 0.1) is 22.6 Å². The topological polar surface area (TPSA) is 19.6 Å². The van der Waals surface area contributed by atoms with E-state index in [0.717, 1.165) is 93.6 Å². The lowest BCUT2D eigenvalue weighted by Gasteiger charge is -2.53. The van der Waals surface area contributed by atoms with Crippen LogP contribution in [0.2, 0.25) is 0 Å². The summed E-state index contributed by atoms with van der Waals surface area (Å²) in [6.07, 6.45) is 2.82. The van der Waals surface area contributed by atoms with Crippen molar-refractivity contribution in [1.82, 2.24) is 0 Å². The maximum Gasteiger partial charge on any atom is 0.416 e. The number of alkyl halides is 3. The number of fused-ring (bicyclic) bond motifs is 7. The monoisotopic (exact) mass is 882 g/mol. The van der Waals surface area contributed by atoms with Gasteiger partial charge in [0.15, 0.2) is 0 Å². The van der Waals surface area contributed by atoms with Crippen LogP contribution in [0, 0.1) is 16.7 Å². The lowest BCUT2D eigenvalue weighted by molar-refractivity contribution is -0.137. The van der Waals surface area contributed by atoms with Gasteiger partial charge in [-0.1, -0.05) is 142 Å². The van der Waals surface area contributed by atoms with Crippen molar-refractivity contribution in [3.05, 3.63) is 148 Å². The van der Waals surface area contributed by atoms with Crippen LogP contribution in [0.1, 0.15) is 131 Å². The molecule has 0 amide bonds. The summed E-state index contributed by atoms with van der Waals surface area (Å²) in [4.78, 5) is 4.35. The molecule has 338 valence electrons. The van der Waals surface area contributed by atoms with Crippen LogP contribution in [0.5, 0.6) is 0 Å². The maximum absolute atomic E-state index is 15.9. The Labute approximate surface area is 389 Å². The molecule has 0 saturated heterocycles. The molecule has 66 heavy (non-hydrogen) atoms. The molecule has 0 N–H and O–H groups in total. The van der Waals surface area contributed by atoms with Gasteiger partial charge in [0.2, 0.25) is 0 Å². The molecule has 2 aliphatic heterocycles. The summed E-state index contributed by atoms with van der Waals surface area (Å²) in [6, 6.07) is 34.5. The van der Waals surface area contributed by atoms with Crippen molar-refractivity contribution in [3.8, 4) is 11.1 Å². The average molecular weight is 883 g/mol. The number of rotatable bonds is 3. The Balaban J connectivity index is 1.28. The second kappa shape index (κ2) is 14.1. The van der Waals surface area contributed by atoms with E-state index in [0.29, 0.717) is 11.4 Å². The third kappa shape index (κ3) is 6.44. The van der Waals surface area contributed by atoms with E-state index in [-0.39, 0.29) is 33.0 Å². The third-order valence-corrected chi connectivity index (χ3v) is 16.7. The molecular weight excluding hydrogens is 820 g/mol. The minimum absolute atomic E-state index is 0.0200. The van der Waals surface area contributed by atoms with Gasteiger partial charge < -0.3 is 14.2 Å². The molecule has 5 aliphatic rings. The smallest absolute Gasteiger partial charge is 0.416 e. The number of hydrogen-bond acceptors (Lipinski definition) is 3. The van der Waals surface area contributed by atoms with Gasteiger partial charge in [0.25, 0.3) is 6.71 Å². The van der Waals surface area contributed by atoms with Gasteiger partial charge >= 0.3 is 6.18 Å². The zero-order valence-corrected chi connectivity index (χ0v) is 40.5. The highest BCUT2D eigenvalue weighted by Gasteiger charge is 2.54. The molecule has 7 heteroatoms. The summed E-state index contributed by atoms with van der Waals surface area (Å²) >= 11 is 0. The van der Waals surface area contributed by atoms with E-state index in [1.807, 2.05) is 36.4 Å². The molecule has 0 spiro atoms. The van der Waals surface area contributed by atoms with Crippen LogP contribution < -0.4 is 20.9 Å². The lowest BCUT2D eigenvalue weighted by atomic mass is 9.32. The fourth-order valence-electron chi connectivity index (χ4n) is 12.5. The highest BCUT2D eigenvalue weighted by Crippen LogP contribution is 2.60. The summed E-state index contributed by atoms with van der Waals surface area (Å²) < 4.78 is 55.0. The van der Waals surface area contributed by atoms with E-state index in [2.05, 4.69) is 147 Å². The first-order chi connectivity index (χ1) is 31.0. The number of anilines is 5. The van der Waals surface area contributed by atoms with E-state index in [1.165, 1.54) is 34.3 Å². The van der Waals surface area contributed by atoms with Crippen LogP contribution in [0.3, 0.4) is 0 Å². The fraction of sp³-hybridized carbons (Fsp3) is 0.390. The van der Waals surface area contributed by atoms with Crippen molar-refractivity contribution in [1.29, 1.82) is 0 Å². The first-order valence-electron chi connectivity index (χ1n) is 24.1. The summed E-state index contributed by atoms with van der Waals surface area (Å²) in [5.41, 5.74) is 14.2. The summed E-state index contributed by atoms with van der Waals surface area (Å²) in [5, 5.41) is 0.881. The highest BCUT2D eigenvalue weighted by molar-refractivity contribution is 6.94.